The van der Waals surface area contributed by atoms with E-state index in [9.17, 15) is 9.59 Å². The molecule has 0 N–H and O–H groups in total. The van der Waals surface area contributed by atoms with Crippen molar-refractivity contribution in [3.05, 3.63) is 47.5 Å². The van der Waals surface area contributed by atoms with Crippen LogP contribution in [0, 0.1) is 11.8 Å². The molecule has 3 saturated heterocycles. The van der Waals surface area contributed by atoms with Gasteiger partial charge in [0.15, 0.2) is 18.9 Å². The minimum atomic E-state index is -0.265. The van der Waals surface area contributed by atoms with Crippen molar-refractivity contribution >= 4 is 23.5 Å². The summed E-state index contributed by atoms with van der Waals surface area (Å²) in [7, 11) is 1.71. The standard InChI is InChI=1S/C40H60O10S/c1-43-29-31-11-8-10-30(26-31)27-32(49-39-14-3-6-20-46-39)16-17-34-33(35(41)28-36(34)50-40-15-4-7-21-47-40)18-25-51-24-9-12-37(42)44-22-23-48-38-13-2-5-19-45-38/h8,10-11,16-17,26,32-34,36,38-40H,2-7,9,12-15,18-25,27-29H2,1H3/b17-16+/t32-,33-,34-,36-,38?,39?,40?/m1/s1. The number of thioether (sulfide) groups is 1. The van der Waals surface area contributed by atoms with Crippen LogP contribution < -0.4 is 0 Å². The molecule has 11 heteroatoms. The number of ketones is 1. The zero-order chi connectivity index (χ0) is 35.5. The molecule has 7 atom stereocenters. The lowest BCUT2D eigenvalue weighted by Crippen LogP contribution is -2.31. The van der Waals surface area contributed by atoms with Gasteiger partial charge in [0.25, 0.3) is 0 Å². The molecular formula is C40H60O10S. The van der Waals surface area contributed by atoms with E-state index in [4.69, 9.17) is 37.9 Å². The highest BCUT2D eigenvalue weighted by atomic mass is 32.2. The fraction of sp³-hybridized carbons (Fsp3) is 0.750. The molecule has 1 aliphatic carbocycles. The number of carbonyl (C=O) groups is 2. The zero-order valence-corrected chi connectivity index (χ0v) is 31.4. The molecule has 3 aliphatic heterocycles. The van der Waals surface area contributed by atoms with Gasteiger partial charge < -0.3 is 37.9 Å². The van der Waals surface area contributed by atoms with Gasteiger partial charge in [-0.3, -0.25) is 9.59 Å². The average Bonchev–Trinajstić information content (AvgIpc) is 3.44. The van der Waals surface area contributed by atoms with Crippen LogP contribution >= 0.6 is 11.8 Å². The first-order chi connectivity index (χ1) is 25.1. The number of Topliss-reactive ketones (excluding diaryl/α,β-unsaturated/α-hetero) is 1. The number of rotatable bonds is 21. The smallest absolute Gasteiger partial charge is 0.305 e. The maximum absolute atomic E-state index is 13.5. The number of hydrogen-bond donors (Lipinski definition) is 0. The molecule has 286 valence electrons. The Kier molecular flexibility index (Phi) is 18.3. The molecule has 4 fully saturated rings. The lowest BCUT2D eigenvalue weighted by molar-refractivity contribution is -0.192. The highest BCUT2D eigenvalue weighted by Crippen LogP contribution is 2.37. The lowest BCUT2D eigenvalue weighted by Gasteiger charge is -2.29. The predicted molar refractivity (Wildman–Crippen MR) is 195 cm³/mol. The quantitative estimate of drug-likeness (QED) is 0.0745. The van der Waals surface area contributed by atoms with Crippen LogP contribution in [-0.2, 0) is 60.5 Å². The van der Waals surface area contributed by atoms with Crippen LogP contribution in [0.5, 0.6) is 0 Å². The van der Waals surface area contributed by atoms with Gasteiger partial charge in [-0.15, -0.1) is 0 Å². The molecular weight excluding hydrogens is 672 g/mol. The molecule has 1 aromatic carbocycles. The number of carbonyl (C=O) groups excluding carboxylic acids is 2. The summed E-state index contributed by atoms with van der Waals surface area (Å²) in [6, 6.07) is 8.42. The van der Waals surface area contributed by atoms with Gasteiger partial charge in [-0.25, -0.2) is 0 Å². The monoisotopic (exact) mass is 732 g/mol. The summed E-state index contributed by atoms with van der Waals surface area (Å²) in [5.74, 6) is 1.49. The van der Waals surface area contributed by atoms with Gasteiger partial charge in [-0.2, -0.15) is 11.8 Å². The molecule has 3 heterocycles. The summed E-state index contributed by atoms with van der Waals surface area (Å²) in [4.78, 5) is 25.7. The van der Waals surface area contributed by atoms with Gasteiger partial charge in [-0.05, 0) is 93.3 Å². The highest BCUT2D eigenvalue weighted by Gasteiger charge is 2.42. The Morgan fingerprint density at radius 1 is 0.922 bits per heavy atom. The molecule has 0 bridgehead atoms. The van der Waals surface area contributed by atoms with Crippen LogP contribution in [0.1, 0.15) is 94.6 Å². The largest absolute Gasteiger partial charge is 0.463 e. The summed E-state index contributed by atoms with van der Waals surface area (Å²) in [5, 5.41) is 0. The van der Waals surface area contributed by atoms with Crippen molar-refractivity contribution < 1.29 is 47.5 Å². The summed E-state index contributed by atoms with van der Waals surface area (Å²) in [6.07, 6.45) is 15.2. The fourth-order valence-electron chi connectivity index (χ4n) is 7.28. The maximum Gasteiger partial charge on any atom is 0.305 e. The van der Waals surface area contributed by atoms with Gasteiger partial charge in [0.1, 0.15) is 12.4 Å². The number of ether oxygens (including phenoxy) is 8. The van der Waals surface area contributed by atoms with Gasteiger partial charge in [0.2, 0.25) is 0 Å². The SMILES string of the molecule is COCc1cccc(C[C@@H](/C=C/[C@H]2[C@H](OC3CCCCO3)CC(=O)[C@@H]2CCSCCCC(=O)OCCOC2CCCCO2)OC2CCCCO2)c1. The summed E-state index contributed by atoms with van der Waals surface area (Å²) >= 11 is 1.78. The first-order valence-electron chi connectivity index (χ1n) is 19.4. The average molecular weight is 733 g/mol. The van der Waals surface area contributed by atoms with Crippen molar-refractivity contribution in [3.63, 3.8) is 0 Å². The normalized spacial score (nSPS) is 27.9. The minimum absolute atomic E-state index is 0.0713. The van der Waals surface area contributed by atoms with E-state index in [1.54, 1.807) is 18.9 Å². The van der Waals surface area contributed by atoms with Crippen molar-refractivity contribution in [1.29, 1.82) is 0 Å². The van der Waals surface area contributed by atoms with Crippen molar-refractivity contribution in [1.82, 2.24) is 0 Å². The first-order valence-corrected chi connectivity index (χ1v) is 20.5. The van der Waals surface area contributed by atoms with E-state index in [1.165, 1.54) is 5.56 Å². The van der Waals surface area contributed by atoms with E-state index >= 15 is 0 Å². The van der Waals surface area contributed by atoms with Crippen molar-refractivity contribution in [2.45, 2.75) is 128 Å². The molecule has 0 radical (unpaired) electrons. The second kappa shape index (κ2) is 23.1. The van der Waals surface area contributed by atoms with Gasteiger partial charge >= 0.3 is 5.97 Å². The second-order valence-electron chi connectivity index (χ2n) is 14.0. The van der Waals surface area contributed by atoms with Crippen LogP contribution in [0.15, 0.2) is 36.4 Å². The van der Waals surface area contributed by atoms with E-state index < -0.39 is 0 Å². The Hall–Kier alpha value is -1.83. The third-order valence-corrected chi connectivity index (χ3v) is 11.1. The third-order valence-electron chi connectivity index (χ3n) is 9.96. The van der Waals surface area contributed by atoms with Crippen molar-refractivity contribution in [3.8, 4) is 0 Å². The molecule has 10 nitrogen and oxygen atoms in total. The van der Waals surface area contributed by atoms with E-state index in [0.29, 0.717) is 45.7 Å². The third kappa shape index (κ3) is 14.5. The lowest BCUT2D eigenvalue weighted by atomic mass is 9.90. The van der Waals surface area contributed by atoms with E-state index in [-0.39, 0.29) is 61.3 Å². The van der Waals surface area contributed by atoms with Crippen LogP contribution in [0.2, 0.25) is 0 Å². The molecule has 5 rings (SSSR count). The number of hydrogen-bond acceptors (Lipinski definition) is 11. The number of methoxy groups -OCH3 is 1. The van der Waals surface area contributed by atoms with Gasteiger partial charge in [0, 0.05) is 58.0 Å². The molecule has 0 amide bonds. The Labute approximate surface area is 308 Å². The van der Waals surface area contributed by atoms with Crippen molar-refractivity contribution in [2.75, 3.05) is 51.6 Å². The van der Waals surface area contributed by atoms with Crippen LogP contribution in [-0.4, -0.2) is 94.5 Å². The maximum atomic E-state index is 13.5. The molecule has 0 spiro atoms. The predicted octanol–water partition coefficient (Wildman–Crippen LogP) is 6.95. The van der Waals surface area contributed by atoms with Crippen molar-refractivity contribution in [2.24, 2.45) is 11.8 Å². The van der Waals surface area contributed by atoms with E-state index in [0.717, 1.165) is 94.3 Å². The van der Waals surface area contributed by atoms with E-state index in [1.807, 2.05) is 0 Å². The van der Waals surface area contributed by atoms with E-state index in [2.05, 4.69) is 36.4 Å². The first kappa shape index (κ1) is 40.4. The number of benzene rings is 1. The van der Waals surface area contributed by atoms with Crippen LogP contribution in [0.25, 0.3) is 0 Å². The number of esters is 1. The highest BCUT2D eigenvalue weighted by molar-refractivity contribution is 7.99. The minimum Gasteiger partial charge on any atom is -0.463 e. The molecule has 51 heavy (non-hydrogen) atoms. The molecule has 1 aromatic rings. The zero-order valence-electron chi connectivity index (χ0n) is 30.6. The Morgan fingerprint density at radius 3 is 2.37 bits per heavy atom. The Balaban J connectivity index is 1.13. The van der Waals surface area contributed by atoms with Gasteiger partial charge in [-0.1, -0.05) is 36.4 Å². The topological polar surface area (TPSA) is 108 Å². The van der Waals surface area contributed by atoms with Crippen LogP contribution in [0.3, 0.4) is 0 Å². The molecule has 1 saturated carbocycles. The second-order valence-corrected chi connectivity index (χ2v) is 15.3. The fourth-order valence-corrected chi connectivity index (χ4v) is 8.25. The summed E-state index contributed by atoms with van der Waals surface area (Å²) < 4.78 is 46.9. The summed E-state index contributed by atoms with van der Waals surface area (Å²) in [5.41, 5.74) is 2.29. The van der Waals surface area contributed by atoms with Gasteiger partial charge in [0.05, 0.1) is 25.4 Å². The Bertz CT molecular complexity index is 1180. The molecule has 3 unspecified atom stereocenters. The molecule has 0 aromatic heterocycles. The molecule has 4 aliphatic rings. The van der Waals surface area contributed by atoms with Crippen LogP contribution in [0.4, 0.5) is 0 Å². The summed E-state index contributed by atoms with van der Waals surface area (Å²) in [6.45, 7) is 3.31. The Morgan fingerprint density at radius 2 is 1.65 bits per heavy atom.